The minimum absolute atomic E-state index is 0.129. The molecule has 7 heteroatoms. The van der Waals surface area contributed by atoms with E-state index in [1.54, 1.807) is 24.3 Å². The standard InChI is InChI=1S/C19H19NO5S/c1-24-14-7-9-15(10-8-14)26(22,23)20-12-4-11-19(13-20)17-6-3-2-5-16(17)18(21)25-19/h2-3,5-10H,4,11-13H2,1H3. The van der Waals surface area contributed by atoms with Gasteiger partial charge >= 0.3 is 5.97 Å². The van der Waals surface area contributed by atoms with E-state index in [-0.39, 0.29) is 17.4 Å². The Morgan fingerprint density at radius 3 is 2.58 bits per heavy atom. The Morgan fingerprint density at radius 1 is 1.12 bits per heavy atom. The van der Waals surface area contributed by atoms with Crippen LogP contribution in [0.25, 0.3) is 0 Å². The molecule has 2 heterocycles. The molecule has 2 aliphatic rings. The second-order valence-electron chi connectivity index (χ2n) is 6.55. The lowest BCUT2D eigenvalue weighted by atomic mass is 9.86. The van der Waals surface area contributed by atoms with E-state index < -0.39 is 15.6 Å². The number of benzene rings is 2. The number of rotatable bonds is 3. The van der Waals surface area contributed by atoms with Gasteiger partial charge in [0.05, 0.1) is 24.1 Å². The minimum Gasteiger partial charge on any atom is -0.497 e. The number of sulfonamides is 1. The zero-order chi connectivity index (χ0) is 18.4. The Labute approximate surface area is 152 Å². The van der Waals surface area contributed by atoms with Crippen molar-refractivity contribution in [1.82, 2.24) is 4.31 Å². The summed E-state index contributed by atoms with van der Waals surface area (Å²) in [7, 11) is -2.15. The molecule has 0 amide bonds. The largest absolute Gasteiger partial charge is 0.497 e. The molecule has 0 radical (unpaired) electrons. The molecule has 1 atom stereocenters. The first-order chi connectivity index (χ1) is 12.5. The Kier molecular flexibility index (Phi) is 4.00. The lowest BCUT2D eigenvalue weighted by molar-refractivity contribution is -0.0345. The van der Waals surface area contributed by atoms with Gasteiger partial charge < -0.3 is 9.47 Å². The molecule has 1 spiro atoms. The molecule has 0 saturated carbocycles. The van der Waals surface area contributed by atoms with E-state index in [1.165, 1.54) is 23.5 Å². The van der Waals surface area contributed by atoms with Gasteiger partial charge in [-0.2, -0.15) is 4.31 Å². The summed E-state index contributed by atoms with van der Waals surface area (Å²) in [5.41, 5.74) is 0.404. The molecule has 136 valence electrons. The molecular weight excluding hydrogens is 354 g/mol. The van der Waals surface area contributed by atoms with E-state index in [0.29, 0.717) is 30.7 Å². The van der Waals surface area contributed by atoms with Crippen LogP contribution in [0.5, 0.6) is 5.75 Å². The highest BCUT2D eigenvalue weighted by atomic mass is 32.2. The Hall–Kier alpha value is -2.38. The van der Waals surface area contributed by atoms with Gasteiger partial charge in [0.15, 0.2) is 5.60 Å². The molecule has 0 aliphatic carbocycles. The van der Waals surface area contributed by atoms with Crippen LogP contribution >= 0.6 is 0 Å². The summed E-state index contributed by atoms with van der Waals surface area (Å²) in [6.07, 6.45) is 1.24. The monoisotopic (exact) mass is 373 g/mol. The number of carbonyl (C=O) groups is 1. The van der Waals surface area contributed by atoms with Gasteiger partial charge in [-0.15, -0.1) is 0 Å². The van der Waals surface area contributed by atoms with Crippen LogP contribution in [0.1, 0.15) is 28.8 Å². The smallest absolute Gasteiger partial charge is 0.339 e. The quantitative estimate of drug-likeness (QED) is 0.773. The van der Waals surface area contributed by atoms with Crippen molar-refractivity contribution in [1.29, 1.82) is 0 Å². The Balaban J connectivity index is 1.68. The molecule has 1 fully saturated rings. The van der Waals surface area contributed by atoms with Gasteiger partial charge in [-0.25, -0.2) is 13.2 Å². The van der Waals surface area contributed by atoms with E-state index >= 15 is 0 Å². The number of hydrogen-bond donors (Lipinski definition) is 0. The van der Waals surface area contributed by atoms with Crippen LogP contribution in [0.15, 0.2) is 53.4 Å². The van der Waals surface area contributed by atoms with Crippen molar-refractivity contribution in [2.75, 3.05) is 20.2 Å². The predicted molar refractivity (Wildman–Crippen MR) is 94.5 cm³/mol. The first kappa shape index (κ1) is 17.1. The highest BCUT2D eigenvalue weighted by Gasteiger charge is 2.50. The average Bonchev–Trinajstić information content (AvgIpc) is 2.93. The summed E-state index contributed by atoms with van der Waals surface area (Å²) in [6.45, 7) is 0.528. The van der Waals surface area contributed by atoms with Gasteiger partial charge in [-0.3, -0.25) is 0 Å². The normalized spacial score (nSPS) is 22.9. The molecule has 2 aromatic carbocycles. The molecule has 1 unspecified atom stereocenters. The van der Waals surface area contributed by atoms with Crippen LogP contribution in [0, 0.1) is 0 Å². The topological polar surface area (TPSA) is 72.9 Å². The third-order valence-electron chi connectivity index (χ3n) is 5.04. The molecule has 2 aromatic rings. The van der Waals surface area contributed by atoms with Crippen molar-refractivity contribution >= 4 is 16.0 Å². The summed E-state index contributed by atoms with van der Waals surface area (Å²) in [6, 6.07) is 13.5. The lowest BCUT2D eigenvalue weighted by Crippen LogP contribution is -2.48. The second kappa shape index (κ2) is 6.10. The van der Waals surface area contributed by atoms with Crippen LogP contribution in [-0.2, 0) is 20.4 Å². The fraction of sp³-hybridized carbons (Fsp3) is 0.316. The average molecular weight is 373 g/mol. The van der Waals surface area contributed by atoms with Crippen molar-refractivity contribution in [3.05, 3.63) is 59.7 Å². The maximum atomic E-state index is 13.1. The van der Waals surface area contributed by atoms with Crippen LogP contribution in [0.3, 0.4) is 0 Å². The second-order valence-corrected chi connectivity index (χ2v) is 8.49. The summed E-state index contributed by atoms with van der Waals surface area (Å²) < 4.78 is 38.3. The third kappa shape index (κ3) is 2.59. The highest BCUT2D eigenvalue weighted by molar-refractivity contribution is 7.89. The number of ether oxygens (including phenoxy) is 2. The van der Waals surface area contributed by atoms with Crippen LogP contribution < -0.4 is 4.74 Å². The van der Waals surface area contributed by atoms with Gasteiger partial charge in [-0.1, -0.05) is 18.2 Å². The van der Waals surface area contributed by atoms with Crippen LogP contribution in [0.4, 0.5) is 0 Å². The Morgan fingerprint density at radius 2 is 1.85 bits per heavy atom. The van der Waals surface area contributed by atoms with Gasteiger partial charge in [0.2, 0.25) is 10.0 Å². The maximum Gasteiger partial charge on any atom is 0.339 e. The summed E-state index contributed by atoms with van der Waals surface area (Å²) in [5.74, 6) is 0.210. The molecular formula is C19H19NO5S. The minimum atomic E-state index is -3.68. The Bertz CT molecular complexity index is 954. The van der Waals surface area contributed by atoms with Gasteiger partial charge in [0.25, 0.3) is 0 Å². The molecule has 0 aromatic heterocycles. The number of piperidine rings is 1. The molecule has 1 saturated heterocycles. The van der Waals surface area contributed by atoms with Gasteiger partial charge in [-0.05, 0) is 43.2 Å². The van der Waals surface area contributed by atoms with Gasteiger partial charge in [0.1, 0.15) is 5.75 Å². The molecule has 26 heavy (non-hydrogen) atoms. The van der Waals surface area contributed by atoms with E-state index in [2.05, 4.69) is 0 Å². The number of fused-ring (bicyclic) bond motifs is 2. The van der Waals surface area contributed by atoms with Gasteiger partial charge in [0, 0.05) is 12.1 Å². The third-order valence-corrected chi connectivity index (χ3v) is 6.90. The first-order valence-corrected chi connectivity index (χ1v) is 9.87. The molecule has 2 aliphatic heterocycles. The number of esters is 1. The SMILES string of the molecule is COc1ccc(S(=O)(=O)N2CCCC3(C2)OC(=O)c2ccccc23)cc1. The number of carbonyl (C=O) groups excluding carboxylic acids is 1. The summed E-state index contributed by atoms with van der Waals surface area (Å²) >= 11 is 0. The van der Waals surface area contributed by atoms with Crippen molar-refractivity contribution in [3.8, 4) is 5.75 Å². The highest BCUT2D eigenvalue weighted by Crippen LogP contribution is 2.43. The summed E-state index contributed by atoms with van der Waals surface area (Å²) in [5, 5.41) is 0. The fourth-order valence-corrected chi connectivity index (χ4v) is 5.26. The number of methoxy groups -OCH3 is 1. The van der Waals surface area contributed by atoms with Crippen molar-refractivity contribution in [3.63, 3.8) is 0 Å². The number of hydrogen-bond acceptors (Lipinski definition) is 5. The zero-order valence-corrected chi connectivity index (χ0v) is 15.2. The van der Waals surface area contributed by atoms with E-state index in [4.69, 9.17) is 9.47 Å². The van der Waals surface area contributed by atoms with Crippen molar-refractivity contribution < 1.29 is 22.7 Å². The van der Waals surface area contributed by atoms with E-state index in [1.807, 2.05) is 12.1 Å². The predicted octanol–water partition coefficient (Wildman–Crippen LogP) is 2.55. The molecule has 6 nitrogen and oxygen atoms in total. The van der Waals surface area contributed by atoms with E-state index in [0.717, 1.165) is 5.56 Å². The maximum absolute atomic E-state index is 13.1. The molecule has 4 rings (SSSR count). The molecule has 0 N–H and O–H groups in total. The first-order valence-electron chi connectivity index (χ1n) is 8.43. The number of nitrogens with zero attached hydrogens (tertiary/aromatic N) is 1. The van der Waals surface area contributed by atoms with Crippen molar-refractivity contribution in [2.24, 2.45) is 0 Å². The zero-order valence-electron chi connectivity index (χ0n) is 14.3. The fourth-order valence-electron chi connectivity index (χ4n) is 3.73. The lowest BCUT2D eigenvalue weighted by Gasteiger charge is -2.38. The van der Waals surface area contributed by atoms with E-state index in [9.17, 15) is 13.2 Å². The van der Waals surface area contributed by atoms with Crippen LogP contribution in [-0.4, -0.2) is 38.9 Å². The van der Waals surface area contributed by atoms with Crippen LogP contribution in [0.2, 0.25) is 0 Å². The summed E-state index contributed by atoms with van der Waals surface area (Å²) in [4.78, 5) is 12.4. The van der Waals surface area contributed by atoms with Crippen molar-refractivity contribution in [2.45, 2.75) is 23.3 Å². The molecule has 0 bridgehead atoms.